The van der Waals surface area contributed by atoms with Crippen molar-refractivity contribution >= 4 is 27.3 Å². The number of nitrogens with zero attached hydrogens (tertiary/aromatic N) is 1. The van der Waals surface area contributed by atoms with E-state index < -0.39 is 5.91 Å². The number of thiophene rings is 1. The molecule has 0 aliphatic carbocycles. The maximum absolute atomic E-state index is 10.8. The van der Waals surface area contributed by atoms with Crippen LogP contribution in [-0.2, 0) is 11.3 Å². The van der Waals surface area contributed by atoms with E-state index in [4.69, 9.17) is 5.26 Å². The molecule has 0 saturated heterocycles. The van der Waals surface area contributed by atoms with Crippen molar-refractivity contribution in [2.45, 2.75) is 6.54 Å². The van der Waals surface area contributed by atoms with Crippen molar-refractivity contribution in [2.24, 2.45) is 0 Å². The number of fused-ring (bicyclic) bond motifs is 1. The van der Waals surface area contributed by atoms with E-state index in [1.165, 1.54) is 10.8 Å². The summed E-state index contributed by atoms with van der Waals surface area (Å²) in [5.41, 5.74) is 1.05. The average molecular weight is 216 g/mol. The molecule has 1 aromatic carbocycles. The monoisotopic (exact) mass is 216 g/mol. The number of nitriles is 1. The maximum atomic E-state index is 10.8. The van der Waals surface area contributed by atoms with Crippen LogP contribution >= 0.6 is 11.3 Å². The first kappa shape index (κ1) is 9.69. The van der Waals surface area contributed by atoms with Gasteiger partial charge in [0.15, 0.2) is 6.07 Å². The lowest BCUT2D eigenvalue weighted by Crippen LogP contribution is -2.20. The lowest BCUT2D eigenvalue weighted by Gasteiger charge is -1.98. The third kappa shape index (κ3) is 1.97. The Morgan fingerprint density at radius 1 is 1.47 bits per heavy atom. The molecule has 0 saturated carbocycles. The van der Waals surface area contributed by atoms with E-state index in [2.05, 4.69) is 5.32 Å². The third-order valence-electron chi connectivity index (χ3n) is 2.10. The van der Waals surface area contributed by atoms with E-state index in [0.717, 1.165) is 10.9 Å². The fourth-order valence-corrected chi connectivity index (χ4v) is 2.35. The summed E-state index contributed by atoms with van der Waals surface area (Å²) in [6.07, 6.45) is 0. The first-order chi connectivity index (χ1) is 7.31. The van der Waals surface area contributed by atoms with Gasteiger partial charge in [-0.25, -0.2) is 0 Å². The molecule has 0 bridgehead atoms. The van der Waals surface area contributed by atoms with Gasteiger partial charge in [0.1, 0.15) is 0 Å². The Balaban J connectivity index is 2.22. The largest absolute Gasteiger partial charge is 0.339 e. The van der Waals surface area contributed by atoms with Gasteiger partial charge in [0.05, 0.1) is 0 Å². The van der Waals surface area contributed by atoms with E-state index in [9.17, 15) is 4.79 Å². The van der Waals surface area contributed by atoms with Gasteiger partial charge in [-0.2, -0.15) is 5.26 Å². The number of hydrogen-bond acceptors (Lipinski definition) is 3. The number of hydrogen-bond donors (Lipinski definition) is 1. The Bertz CT molecular complexity index is 539. The Hall–Kier alpha value is -1.86. The second-order valence-corrected chi connectivity index (χ2v) is 3.96. The van der Waals surface area contributed by atoms with Crippen LogP contribution < -0.4 is 5.32 Å². The van der Waals surface area contributed by atoms with Gasteiger partial charge in [0.2, 0.25) is 0 Å². The van der Waals surface area contributed by atoms with Crippen molar-refractivity contribution in [3.63, 3.8) is 0 Å². The molecule has 0 unspecified atom stereocenters. The molecule has 74 valence electrons. The molecule has 15 heavy (non-hydrogen) atoms. The molecule has 4 heteroatoms. The zero-order valence-corrected chi connectivity index (χ0v) is 8.67. The first-order valence-electron chi connectivity index (χ1n) is 4.44. The second-order valence-electron chi connectivity index (χ2n) is 3.05. The zero-order valence-electron chi connectivity index (χ0n) is 7.86. The van der Waals surface area contributed by atoms with Crippen molar-refractivity contribution in [1.29, 1.82) is 5.26 Å². The van der Waals surface area contributed by atoms with Gasteiger partial charge >= 0.3 is 5.91 Å². The molecule has 1 heterocycles. The molecule has 2 rings (SSSR count). The van der Waals surface area contributed by atoms with Crippen LogP contribution in [0.2, 0.25) is 0 Å². The Labute approximate surface area is 91.0 Å². The predicted octanol–water partition coefficient (Wildman–Crippen LogP) is 2.04. The Morgan fingerprint density at radius 3 is 3.07 bits per heavy atom. The molecule has 1 aromatic heterocycles. The van der Waals surface area contributed by atoms with E-state index in [-0.39, 0.29) is 0 Å². The number of nitrogens with one attached hydrogen (secondary N) is 1. The highest BCUT2D eigenvalue weighted by Gasteiger charge is 2.04. The molecular weight excluding hydrogens is 208 g/mol. The fraction of sp³-hybridized carbons (Fsp3) is 0.0909. The summed E-state index contributed by atoms with van der Waals surface area (Å²) >= 11 is 1.64. The van der Waals surface area contributed by atoms with Gasteiger partial charge in [-0.05, 0) is 22.4 Å². The summed E-state index contributed by atoms with van der Waals surface area (Å²) < 4.78 is 1.19. The van der Waals surface area contributed by atoms with Gasteiger partial charge < -0.3 is 5.32 Å². The average Bonchev–Trinajstić information content (AvgIpc) is 2.69. The SMILES string of the molecule is N#CC(=O)NCc1csc2ccccc12. The summed E-state index contributed by atoms with van der Waals surface area (Å²) in [6, 6.07) is 9.53. The summed E-state index contributed by atoms with van der Waals surface area (Å²) in [4.78, 5) is 10.8. The van der Waals surface area contributed by atoms with Crippen molar-refractivity contribution in [1.82, 2.24) is 5.32 Å². The lowest BCUT2D eigenvalue weighted by molar-refractivity contribution is -0.116. The molecule has 0 spiro atoms. The molecule has 1 N–H and O–H groups in total. The van der Waals surface area contributed by atoms with Crippen molar-refractivity contribution in [3.8, 4) is 6.07 Å². The van der Waals surface area contributed by atoms with Gasteiger partial charge in [0.25, 0.3) is 0 Å². The summed E-state index contributed by atoms with van der Waals surface area (Å²) in [5.74, 6) is -0.592. The maximum Gasteiger partial charge on any atom is 0.322 e. The van der Waals surface area contributed by atoms with Crippen LogP contribution in [0.25, 0.3) is 10.1 Å². The van der Waals surface area contributed by atoms with Crippen LogP contribution in [0.3, 0.4) is 0 Å². The number of carbonyl (C=O) groups is 1. The quantitative estimate of drug-likeness (QED) is 0.781. The van der Waals surface area contributed by atoms with E-state index in [1.54, 1.807) is 11.3 Å². The fourth-order valence-electron chi connectivity index (χ4n) is 1.38. The predicted molar refractivity (Wildman–Crippen MR) is 59.3 cm³/mol. The highest BCUT2D eigenvalue weighted by atomic mass is 32.1. The smallest absolute Gasteiger partial charge is 0.322 e. The van der Waals surface area contributed by atoms with Crippen LogP contribution in [0.1, 0.15) is 5.56 Å². The molecule has 2 aromatic rings. The summed E-state index contributed by atoms with van der Waals surface area (Å²) in [7, 11) is 0. The summed E-state index contributed by atoms with van der Waals surface area (Å²) in [5, 5.41) is 14.0. The molecule has 3 nitrogen and oxygen atoms in total. The van der Waals surface area contributed by atoms with Gasteiger partial charge in [-0.15, -0.1) is 11.3 Å². The van der Waals surface area contributed by atoms with E-state index in [0.29, 0.717) is 6.54 Å². The molecule has 0 radical (unpaired) electrons. The third-order valence-corrected chi connectivity index (χ3v) is 3.11. The second kappa shape index (κ2) is 4.11. The minimum absolute atomic E-state index is 0.413. The van der Waals surface area contributed by atoms with Crippen LogP contribution in [0, 0.1) is 11.3 Å². The van der Waals surface area contributed by atoms with E-state index >= 15 is 0 Å². The molecule has 0 fully saturated rings. The topological polar surface area (TPSA) is 52.9 Å². The zero-order chi connectivity index (χ0) is 10.7. The van der Waals surface area contributed by atoms with Crippen LogP contribution in [-0.4, -0.2) is 5.91 Å². The van der Waals surface area contributed by atoms with Crippen molar-refractivity contribution < 1.29 is 4.79 Å². The number of carbonyl (C=O) groups excluding carboxylic acids is 1. The van der Waals surface area contributed by atoms with E-state index in [1.807, 2.05) is 29.6 Å². The van der Waals surface area contributed by atoms with Gasteiger partial charge in [0, 0.05) is 11.2 Å². The standard InChI is InChI=1S/C11H8N2OS/c12-5-11(14)13-6-8-7-15-10-4-2-1-3-9(8)10/h1-4,7H,6H2,(H,13,14). The van der Waals surface area contributed by atoms with Gasteiger partial charge in [-0.3, -0.25) is 4.79 Å². The van der Waals surface area contributed by atoms with Gasteiger partial charge in [-0.1, -0.05) is 18.2 Å². The Kier molecular flexibility index (Phi) is 2.66. The molecule has 0 aliphatic heterocycles. The Morgan fingerprint density at radius 2 is 2.27 bits per heavy atom. The number of benzene rings is 1. The molecule has 0 aliphatic rings. The minimum atomic E-state index is -0.592. The van der Waals surface area contributed by atoms with Crippen LogP contribution in [0.4, 0.5) is 0 Å². The number of rotatable bonds is 2. The minimum Gasteiger partial charge on any atom is -0.339 e. The lowest BCUT2D eigenvalue weighted by atomic mass is 10.2. The van der Waals surface area contributed by atoms with Crippen molar-refractivity contribution in [3.05, 3.63) is 35.2 Å². The highest BCUT2D eigenvalue weighted by Crippen LogP contribution is 2.25. The van der Waals surface area contributed by atoms with Crippen LogP contribution in [0.5, 0.6) is 0 Å². The summed E-state index contributed by atoms with van der Waals surface area (Å²) in [6.45, 7) is 0.413. The number of amides is 1. The molecule has 1 amide bonds. The van der Waals surface area contributed by atoms with Crippen LogP contribution in [0.15, 0.2) is 29.6 Å². The molecule has 0 atom stereocenters. The van der Waals surface area contributed by atoms with Crippen molar-refractivity contribution in [2.75, 3.05) is 0 Å². The first-order valence-corrected chi connectivity index (χ1v) is 5.32. The highest BCUT2D eigenvalue weighted by molar-refractivity contribution is 7.17. The normalized spacial score (nSPS) is 9.80. The molecular formula is C11H8N2OS.